The van der Waals surface area contributed by atoms with E-state index in [1.807, 2.05) is 0 Å². The molecule has 0 radical (unpaired) electrons. The fourth-order valence-electron chi connectivity index (χ4n) is 2.24. The molecule has 1 heterocycles. The minimum atomic E-state index is -0.536. The lowest BCUT2D eigenvalue weighted by Crippen LogP contribution is -2.48. The first-order chi connectivity index (χ1) is 8.54. The molecule has 18 heavy (non-hydrogen) atoms. The fourth-order valence-corrected chi connectivity index (χ4v) is 2.24. The highest BCUT2D eigenvalue weighted by Gasteiger charge is 2.26. The van der Waals surface area contributed by atoms with Crippen LogP contribution in [0.3, 0.4) is 0 Å². The number of hydrogen-bond acceptors (Lipinski definition) is 4. The van der Waals surface area contributed by atoms with Gasteiger partial charge in [-0.3, -0.25) is 9.59 Å². The van der Waals surface area contributed by atoms with Crippen LogP contribution in [-0.4, -0.2) is 68.4 Å². The summed E-state index contributed by atoms with van der Waals surface area (Å²) in [7, 11) is 4.11. The van der Waals surface area contributed by atoms with E-state index in [1.165, 1.54) is 0 Å². The van der Waals surface area contributed by atoms with Crippen LogP contribution in [0.1, 0.15) is 12.8 Å². The number of amides is 2. The number of carbonyl (C=O) groups is 2. The summed E-state index contributed by atoms with van der Waals surface area (Å²) in [4.78, 5) is 27.1. The predicted molar refractivity (Wildman–Crippen MR) is 69.9 cm³/mol. The van der Waals surface area contributed by atoms with Crippen LogP contribution in [0.5, 0.6) is 0 Å². The number of hydrogen-bond donors (Lipinski definition) is 2. The van der Waals surface area contributed by atoms with Crippen molar-refractivity contribution in [1.82, 2.24) is 15.1 Å². The second-order valence-corrected chi connectivity index (χ2v) is 5.04. The van der Waals surface area contributed by atoms with Gasteiger partial charge in [0.25, 0.3) is 0 Å². The topological polar surface area (TPSA) is 78.7 Å². The van der Waals surface area contributed by atoms with E-state index in [9.17, 15) is 9.59 Å². The van der Waals surface area contributed by atoms with Crippen LogP contribution in [-0.2, 0) is 9.59 Å². The van der Waals surface area contributed by atoms with Crippen molar-refractivity contribution in [3.8, 4) is 0 Å². The molecule has 0 spiro atoms. The van der Waals surface area contributed by atoms with E-state index >= 15 is 0 Å². The maximum absolute atomic E-state index is 11.8. The van der Waals surface area contributed by atoms with Gasteiger partial charge < -0.3 is 20.9 Å². The van der Waals surface area contributed by atoms with Gasteiger partial charge in [0.15, 0.2) is 0 Å². The molecule has 2 amide bonds. The van der Waals surface area contributed by atoms with Gasteiger partial charge in [0, 0.05) is 32.7 Å². The van der Waals surface area contributed by atoms with Gasteiger partial charge in [0.05, 0.1) is 0 Å². The Hall–Kier alpha value is -1.14. The maximum Gasteiger partial charge on any atom is 0.311 e. The highest BCUT2D eigenvalue weighted by Crippen LogP contribution is 2.17. The van der Waals surface area contributed by atoms with Gasteiger partial charge in [-0.25, -0.2) is 0 Å². The van der Waals surface area contributed by atoms with Gasteiger partial charge in [0.1, 0.15) is 0 Å². The number of carbonyl (C=O) groups excluding carboxylic acids is 2. The minimum absolute atomic E-state index is 0.349. The summed E-state index contributed by atoms with van der Waals surface area (Å²) in [5.41, 5.74) is 5.28. The number of nitrogens with two attached hydrogens (primary N) is 1. The summed E-state index contributed by atoms with van der Waals surface area (Å²) in [6.07, 6.45) is 1.93. The van der Waals surface area contributed by atoms with Crippen LogP contribution in [0.25, 0.3) is 0 Å². The molecule has 1 aliphatic heterocycles. The molecule has 0 bridgehead atoms. The minimum Gasteiger partial charge on any atom is -0.347 e. The molecule has 1 aliphatic rings. The molecule has 0 aromatic carbocycles. The van der Waals surface area contributed by atoms with Crippen molar-refractivity contribution in [2.24, 2.45) is 11.7 Å². The molecule has 6 nitrogen and oxygen atoms in total. The van der Waals surface area contributed by atoms with Crippen LogP contribution < -0.4 is 11.1 Å². The zero-order valence-electron chi connectivity index (χ0n) is 11.3. The molecule has 3 N–H and O–H groups in total. The van der Waals surface area contributed by atoms with Crippen molar-refractivity contribution in [3.05, 3.63) is 0 Å². The van der Waals surface area contributed by atoms with Gasteiger partial charge in [-0.05, 0) is 32.9 Å². The van der Waals surface area contributed by atoms with Crippen molar-refractivity contribution in [2.45, 2.75) is 12.8 Å². The van der Waals surface area contributed by atoms with E-state index < -0.39 is 11.8 Å². The van der Waals surface area contributed by atoms with Crippen LogP contribution >= 0.6 is 0 Å². The maximum atomic E-state index is 11.8. The van der Waals surface area contributed by atoms with Gasteiger partial charge >= 0.3 is 11.8 Å². The summed E-state index contributed by atoms with van der Waals surface area (Å²) in [5.74, 6) is -0.339. The molecule has 1 rings (SSSR count). The van der Waals surface area contributed by atoms with E-state index in [1.54, 1.807) is 4.90 Å². The fraction of sp³-hybridized carbons (Fsp3) is 0.833. The smallest absolute Gasteiger partial charge is 0.311 e. The number of nitrogens with zero attached hydrogens (tertiary/aromatic N) is 2. The van der Waals surface area contributed by atoms with Crippen molar-refractivity contribution >= 4 is 11.8 Å². The third-order valence-electron chi connectivity index (χ3n) is 3.15. The zero-order chi connectivity index (χ0) is 13.5. The van der Waals surface area contributed by atoms with Crippen LogP contribution in [0.2, 0.25) is 0 Å². The highest BCUT2D eigenvalue weighted by atomic mass is 16.2. The molecule has 1 fully saturated rings. The van der Waals surface area contributed by atoms with Crippen LogP contribution in [0.15, 0.2) is 0 Å². The van der Waals surface area contributed by atoms with E-state index in [-0.39, 0.29) is 0 Å². The van der Waals surface area contributed by atoms with Crippen molar-refractivity contribution in [1.29, 1.82) is 0 Å². The molecule has 1 saturated heterocycles. The van der Waals surface area contributed by atoms with Crippen LogP contribution in [0.4, 0.5) is 0 Å². The average Bonchev–Trinajstić information content (AvgIpc) is 2.35. The molecule has 0 aromatic heterocycles. The largest absolute Gasteiger partial charge is 0.347 e. The van der Waals surface area contributed by atoms with E-state index in [4.69, 9.17) is 5.73 Å². The zero-order valence-corrected chi connectivity index (χ0v) is 11.3. The standard InChI is InChI=1S/C12H24N4O2/c1-15(2)9-10-3-7-16(8-4-10)12(18)11(17)14-6-5-13/h10H,3-9,13H2,1-2H3,(H,14,17). The first-order valence-corrected chi connectivity index (χ1v) is 6.46. The molecule has 0 aliphatic carbocycles. The molecule has 0 aromatic rings. The highest BCUT2D eigenvalue weighted by molar-refractivity contribution is 6.35. The summed E-state index contributed by atoms with van der Waals surface area (Å²) in [6, 6.07) is 0. The van der Waals surface area contributed by atoms with Gasteiger partial charge in [0.2, 0.25) is 0 Å². The normalized spacial score (nSPS) is 17.0. The molecule has 104 valence electrons. The first-order valence-electron chi connectivity index (χ1n) is 6.46. The Balaban J connectivity index is 2.33. The Morgan fingerprint density at radius 3 is 2.44 bits per heavy atom. The number of nitrogens with one attached hydrogen (secondary N) is 1. The first kappa shape index (κ1) is 14.9. The van der Waals surface area contributed by atoms with Gasteiger partial charge in [-0.1, -0.05) is 0 Å². The Kier molecular flexibility index (Phi) is 6.07. The van der Waals surface area contributed by atoms with E-state index in [0.29, 0.717) is 32.1 Å². The predicted octanol–water partition coefficient (Wildman–Crippen LogP) is -1.14. The lowest BCUT2D eigenvalue weighted by atomic mass is 9.96. The second kappa shape index (κ2) is 7.33. The van der Waals surface area contributed by atoms with Crippen molar-refractivity contribution in [3.63, 3.8) is 0 Å². The van der Waals surface area contributed by atoms with E-state index in [2.05, 4.69) is 24.3 Å². The molecule has 6 heteroatoms. The third-order valence-corrected chi connectivity index (χ3v) is 3.15. The lowest BCUT2D eigenvalue weighted by Gasteiger charge is -2.32. The molecular weight excluding hydrogens is 232 g/mol. The number of rotatable bonds is 4. The summed E-state index contributed by atoms with van der Waals surface area (Å²) < 4.78 is 0. The summed E-state index contributed by atoms with van der Waals surface area (Å²) in [5, 5.41) is 2.51. The van der Waals surface area contributed by atoms with Gasteiger partial charge in [-0.15, -0.1) is 0 Å². The quantitative estimate of drug-likeness (QED) is 0.623. The molecule has 0 atom stereocenters. The summed E-state index contributed by atoms with van der Waals surface area (Å²) in [6.45, 7) is 3.09. The second-order valence-electron chi connectivity index (χ2n) is 5.04. The lowest BCUT2D eigenvalue weighted by molar-refractivity contribution is -0.146. The molecule has 0 saturated carbocycles. The summed E-state index contributed by atoms with van der Waals surface area (Å²) >= 11 is 0. The Labute approximate surface area is 108 Å². The Morgan fingerprint density at radius 2 is 1.94 bits per heavy atom. The van der Waals surface area contributed by atoms with E-state index in [0.717, 1.165) is 19.4 Å². The van der Waals surface area contributed by atoms with Gasteiger partial charge in [-0.2, -0.15) is 0 Å². The van der Waals surface area contributed by atoms with Crippen molar-refractivity contribution in [2.75, 3.05) is 46.8 Å². The van der Waals surface area contributed by atoms with Crippen LogP contribution in [0, 0.1) is 5.92 Å². The number of piperidine rings is 1. The average molecular weight is 256 g/mol. The SMILES string of the molecule is CN(C)CC1CCN(C(=O)C(=O)NCCN)CC1. The Morgan fingerprint density at radius 1 is 1.33 bits per heavy atom. The van der Waals surface area contributed by atoms with Crippen molar-refractivity contribution < 1.29 is 9.59 Å². The molecular formula is C12H24N4O2. The third kappa shape index (κ3) is 4.62. The number of likely N-dealkylation sites (tertiary alicyclic amines) is 1. The molecule has 0 unspecified atom stereocenters. The Bertz CT molecular complexity index is 286. The monoisotopic (exact) mass is 256 g/mol.